The van der Waals surface area contributed by atoms with Gasteiger partial charge in [0.1, 0.15) is 0 Å². The Hall–Kier alpha value is -2.97. The predicted octanol–water partition coefficient (Wildman–Crippen LogP) is 3.66. The number of sulfonamides is 1. The molecule has 1 saturated heterocycles. The summed E-state index contributed by atoms with van der Waals surface area (Å²) in [4.78, 5) is 24.3. The molecule has 2 unspecified atom stereocenters. The average molecular weight is 512 g/mol. The van der Waals surface area contributed by atoms with E-state index in [1.54, 1.807) is 12.1 Å². The molecule has 2 atom stereocenters. The maximum absolute atomic E-state index is 13.1. The Bertz CT molecular complexity index is 1180. The summed E-state index contributed by atoms with van der Waals surface area (Å²) in [7, 11) is -3.69. The Morgan fingerprint density at radius 1 is 1.08 bits per heavy atom. The molecule has 2 aromatic rings. The van der Waals surface area contributed by atoms with Gasteiger partial charge in [-0.25, -0.2) is 8.42 Å². The first kappa shape index (κ1) is 27.6. The molecule has 0 bridgehead atoms. The molecule has 2 N–H and O–H groups in total. The minimum absolute atomic E-state index is 0.0351. The van der Waals surface area contributed by atoms with Gasteiger partial charge in [0.2, 0.25) is 15.9 Å². The fourth-order valence-corrected chi connectivity index (χ4v) is 5.86. The second-order valence-electron chi connectivity index (χ2n) is 10.4. The predicted molar refractivity (Wildman–Crippen MR) is 142 cm³/mol. The van der Waals surface area contributed by atoms with Crippen LogP contribution in [0.1, 0.15) is 55.6 Å². The highest BCUT2D eigenvalue weighted by molar-refractivity contribution is 7.89. The van der Waals surface area contributed by atoms with E-state index in [0.29, 0.717) is 38.0 Å². The molecule has 7 nitrogen and oxygen atoms in total. The van der Waals surface area contributed by atoms with Gasteiger partial charge >= 0.3 is 0 Å². The molecule has 1 fully saturated rings. The standard InChI is InChI=1S/C28H37N3O4S/c1-6-26(32)30-25-16-18-31(19-20(25)2)36(34,35)24-13-9-22(10-14-24)27(33)29-17-15-21-7-11-23(12-8-21)28(3,4)5/h6-14,20,25H,1,15-19H2,2-5H3,(H,29,33)(H,30,32). The van der Waals surface area contributed by atoms with Gasteiger partial charge in [-0.2, -0.15) is 4.31 Å². The number of amides is 2. The molecular weight excluding hydrogens is 474 g/mol. The molecule has 2 amide bonds. The average Bonchev–Trinajstić information content (AvgIpc) is 2.84. The Balaban J connectivity index is 1.55. The normalized spacial score (nSPS) is 18.9. The maximum Gasteiger partial charge on any atom is 0.251 e. The monoisotopic (exact) mass is 511 g/mol. The number of rotatable bonds is 8. The minimum Gasteiger partial charge on any atom is -0.352 e. The largest absolute Gasteiger partial charge is 0.352 e. The third kappa shape index (κ3) is 6.83. The molecule has 2 aromatic carbocycles. The fourth-order valence-electron chi connectivity index (χ4n) is 4.30. The molecule has 1 aliphatic heterocycles. The van der Waals surface area contributed by atoms with Crippen molar-refractivity contribution in [1.29, 1.82) is 0 Å². The van der Waals surface area contributed by atoms with Crippen molar-refractivity contribution in [2.24, 2.45) is 5.92 Å². The zero-order chi connectivity index (χ0) is 26.5. The number of carbonyl (C=O) groups excluding carboxylic acids is 2. The smallest absolute Gasteiger partial charge is 0.251 e. The topological polar surface area (TPSA) is 95.6 Å². The van der Waals surface area contributed by atoms with Crippen molar-refractivity contribution >= 4 is 21.8 Å². The zero-order valence-corrected chi connectivity index (χ0v) is 22.4. The summed E-state index contributed by atoms with van der Waals surface area (Å²) in [5.41, 5.74) is 2.93. The lowest BCUT2D eigenvalue weighted by atomic mass is 9.86. The number of nitrogens with one attached hydrogen (secondary N) is 2. The maximum atomic E-state index is 13.1. The molecule has 0 aromatic heterocycles. The summed E-state index contributed by atoms with van der Waals surface area (Å²) in [6.07, 6.45) is 2.46. The second-order valence-corrected chi connectivity index (χ2v) is 12.4. The third-order valence-corrected chi connectivity index (χ3v) is 8.53. The van der Waals surface area contributed by atoms with Gasteiger partial charge in [-0.1, -0.05) is 58.5 Å². The lowest BCUT2D eigenvalue weighted by molar-refractivity contribution is -0.117. The van der Waals surface area contributed by atoms with Crippen molar-refractivity contribution in [3.8, 4) is 0 Å². The van der Waals surface area contributed by atoms with Gasteiger partial charge in [0.05, 0.1) is 4.90 Å². The Morgan fingerprint density at radius 3 is 2.28 bits per heavy atom. The Morgan fingerprint density at radius 2 is 1.72 bits per heavy atom. The van der Waals surface area contributed by atoms with Gasteiger partial charge in [-0.3, -0.25) is 9.59 Å². The summed E-state index contributed by atoms with van der Waals surface area (Å²) in [6, 6.07) is 14.4. The van der Waals surface area contributed by atoms with E-state index in [0.717, 1.165) is 5.56 Å². The van der Waals surface area contributed by atoms with Crippen molar-refractivity contribution in [2.45, 2.75) is 56.9 Å². The first-order valence-electron chi connectivity index (χ1n) is 12.3. The lowest BCUT2D eigenvalue weighted by Gasteiger charge is -2.36. The van der Waals surface area contributed by atoms with Crippen LogP contribution in [-0.2, 0) is 26.7 Å². The number of piperidine rings is 1. The van der Waals surface area contributed by atoms with E-state index < -0.39 is 10.0 Å². The first-order valence-corrected chi connectivity index (χ1v) is 13.8. The highest BCUT2D eigenvalue weighted by atomic mass is 32.2. The van der Waals surface area contributed by atoms with Gasteiger partial charge in [-0.15, -0.1) is 0 Å². The highest BCUT2D eigenvalue weighted by Crippen LogP contribution is 2.25. The quantitative estimate of drug-likeness (QED) is 0.529. The summed E-state index contributed by atoms with van der Waals surface area (Å²) in [5.74, 6) is -0.528. The molecule has 0 saturated carbocycles. The van der Waals surface area contributed by atoms with Crippen LogP contribution < -0.4 is 10.6 Å². The summed E-state index contributed by atoms with van der Waals surface area (Å²) in [6.45, 7) is 13.0. The number of hydrogen-bond donors (Lipinski definition) is 2. The van der Waals surface area contributed by atoms with Gasteiger partial charge in [-0.05, 0) is 65.6 Å². The molecule has 194 valence electrons. The fraction of sp³-hybridized carbons (Fsp3) is 0.429. The molecule has 1 aliphatic rings. The SMILES string of the molecule is C=CC(=O)NC1CCN(S(=O)(=O)c2ccc(C(=O)NCCc3ccc(C(C)(C)C)cc3)cc2)CC1C. The van der Waals surface area contributed by atoms with Crippen LogP contribution >= 0.6 is 0 Å². The van der Waals surface area contributed by atoms with Gasteiger partial charge in [0, 0.05) is 31.2 Å². The van der Waals surface area contributed by atoms with Gasteiger partial charge < -0.3 is 10.6 Å². The van der Waals surface area contributed by atoms with Crippen molar-refractivity contribution in [1.82, 2.24) is 14.9 Å². The molecule has 3 rings (SSSR count). The van der Waals surface area contributed by atoms with Crippen molar-refractivity contribution in [3.63, 3.8) is 0 Å². The van der Waals surface area contributed by atoms with E-state index in [4.69, 9.17) is 0 Å². The number of benzene rings is 2. The third-order valence-electron chi connectivity index (χ3n) is 6.65. The number of nitrogens with zero attached hydrogens (tertiary/aromatic N) is 1. The molecule has 8 heteroatoms. The van der Waals surface area contributed by atoms with Crippen molar-refractivity contribution in [3.05, 3.63) is 77.9 Å². The zero-order valence-electron chi connectivity index (χ0n) is 21.6. The van der Waals surface area contributed by atoms with Crippen LogP contribution in [-0.4, -0.2) is 50.2 Å². The summed E-state index contributed by atoms with van der Waals surface area (Å²) >= 11 is 0. The van der Waals surface area contributed by atoms with Crippen LogP contribution in [0.4, 0.5) is 0 Å². The van der Waals surface area contributed by atoms with E-state index in [1.807, 2.05) is 6.92 Å². The lowest BCUT2D eigenvalue weighted by Crippen LogP contribution is -2.51. The van der Waals surface area contributed by atoms with E-state index >= 15 is 0 Å². The first-order chi connectivity index (χ1) is 16.9. The van der Waals surface area contributed by atoms with E-state index in [2.05, 4.69) is 62.2 Å². The van der Waals surface area contributed by atoms with Crippen LogP contribution in [0.15, 0.2) is 66.1 Å². The van der Waals surface area contributed by atoms with Crippen LogP contribution in [0, 0.1) is 5.92 Å². The van der Waals surface area contributed by atoms with Crippen LogP contribution in [0.25, 0.3) is 0 Å². The summed E-state index contributed by atoms with van der Waals surface area (Å²) < 4.78 is 27.7. The molecule has 1 heterocycles. The highest BCUT2D eigenvalue weighted by Gasteiger charge is 2.34. The van der Waals surface area contributed by atoms with Crippen molar-refractivity contribution < 1.29 is 18.0 Å². The minimum atomic E-state index is -3.69. The Labute approximate surface area is 215 Å². The van der Waals surface area contributed by atoms with Crippen LogP contribution in [0.5, 0.6) is 0 Å². The Kier molecular flexibility index (Phi) is 8.74. The molecule has 0 radical (unpaired) electrons. The molecular formula is C28H37N3O4S. The molecule has 0 aliphatic carbocycles. The number of hydrogen-bond acceptors (Lipinski definition) is 4. The summed E-state index contributed by atoms with van der Waals surface area (Å²) in [5, 5.41) is 5.77. The van der Waals surface area contributed by atoms with E-state index in [1.165, 1.54) is 28.1 Å². The van der Waals surface area contributed by atoms with E-state index in [-0.39, 0.29) is 34.1 Å². The van der Waals surface area contributed by atoms with Crippen LogP contribution in [0.2, 0.25) is 0 Å². The number of carbonyl (C=O) groups is 2. The van der Waals surface area contributed by atoms with Crippen molar-refractivity contribution in [2.75, 3.05) is 19.6 Å². The molecule has 0 spiro atoms. The van der Waals surface area contributed by atoms with E-state index in [9.17, 15) is 18.0 Å². The molecule has 36 heavy (non-hydrogen) atoms. The van der Waals surface area contributed by atoms with Gasteiger partial charge in [0.15, 0.2) is 0 Å². The van der Waals surface area contributed by atoms with Gasteiger partial charge in [0.25, 0.3) is 5.91 Å². The second kappa shape index (κ2) is 11.4. The van der Waals surface area contributed by atoms with Crippen LogP contribution in [0.3, 0.4) is 0 Å².